The van der Waals surface area contributed by atoms with Crippen molar-refractivity contribution in [2.24, 2.45) is 0 Å². The van der Waals surface area contributed by atoms with E-state index in [1.807, 2.05) is 52.0 Å². The standard InChI is InChI=1S/C64H102N3O14PS2.H3N/c1-7-13-15-17-19-21-23-25-27-29-31-33-35-37-62(68)77-50-54(80-63(69)38-36-34-32-30-28-26-24-22-20-18-16-14-8-2)51-79-82(70,71)78-46-45-65-83(72,73)55-41-44-58(61(49-55)84(74,75)76)64-56-42-39-52(66(9-3)10-4)47-59(56)81-60-48-53(40-43-57(60)64)67(11-5)12-6;/h39-44,47-49,54,65H,7-38,45-46,50-51H2,1-6H3,(H-,70,71,74,75,76);1H3/t54-;/m1./s1. The Balaban J connectivity index is 0.0000189. The topological polar surface area (TPSA) is 270 Å². The lowest BCUT2D eigenvalue weighted by molar-refractivity contribution is -0.228. The van der Waals surface area contributed by atoms with Crippen LogP contribution in [-0.2, 0) is 52.8 Å². The summed E-state index contributed by atoms with van der Waals surface area (Å²) in [6, 6.07) is 14.2. The monoisotopic (exact) mass is 1250 g/mol. The number of hydrogen-bond donors (Lipinski definition) is 2. The summed E-state index contributed by atoms with van der Waals surface area (Å²) in [4.78, 5) is 39.6. The molecule has 85 heavy (non-hydrogen) atoms. The van der Waals surface area contributed by atoms with Gasteiger partial charge in [-0.3, -0.25) is 14.2 Å². The number of carbonyl (C=O) groups is 2. The second-order valence-electron chi connectivity index (χ2n) is 22.0. The Morgan fingerprint density at radius 2 is 1.13 bits per heavy atom. The number of carbonyl (C=O) groups excluding carboxylic acids is 2. The number of esters is 2. The second kappa shape index (κ2) is 41.1. The summed E-state index contributed by atoms with van der Waals surface area (Å²) in [5.41, 5.74) is 2.08. The van der Waals surface area contributed by atoms with Crippen LogP contribution in [0, 0.1) is 0 Å². The fourth-order valence-electron chi connectivity index (χ4n) is 10.6. The molecule has 21 heteroatoms. The lowest BCUT2D eigenvalue weighted by atomic mass is 9.93. The summed E-state index contributed by atoms with van der Waals surface area (Å²) in [7, 11) is -15.1. The third kappa shape index (κ3) is 27.4. The van der Waals surface area contributed by atoms with E-state index in [1.54, 1.807) is 12.1 Å². The van der Waals surface area contributed by atoms with Gasteiger partial charge in [-0.2, -0.15) is 0 Å². The molecule has 5 N–H and O–H groups in total. The summed E-state index contributed by atoms with van der Waals surface area (Å²) in [6.45, 7) is 12.9. The minimum atomic E-state index is -5.33. The number of nitrogens with one attached hydrogen (secondary N) is 1. The van der Waals surface area contributed by atoms with E-state index in [9.17, 15) is 40.4 Å². The molecule has 0 saturated heterocycles. The number of rotatable bonds is 47. The molecule has 1 heterocycles. The molecule has 2 atom stereocenters. The maximum absolute atomic E-state index is 13.7. The largest absolute Gasteiger partial charge is 0.756 e. The maximum atomic E-state index is 13.7. The number of phosphoric acid groups is 1. The Hall–Kier alpha value is -4.24. The molecule has 1 aliphatic carbocycles. The number of nitrogens with zero attached hydrogens (tertiary/aromatic N) is 2. The van der Waals surface area contributed by atoms with Crippen molar-refractivity contribution in [2.45, 2.75) is 237 Å². The van der Waals surface area contributed by atoms with Gasteiger partial charge in [0.15, 0.2) is 6.10 Å². The molecular formula is C64H105N4O14PS2. The van der Waals surface area contributed by atoms with Gasteiger partial charge in [-0.25, -0.2) is 26.1 Å². The minimum Gasteiger partial charge on any atom is -0.756 e. The number of phosphoric ester groups is 1. The van der Waals surface area contributed by atoms with E-state index < -0.39 is 82.2 Å². The van der Waals surface area contributed by atoms with Gasteiger partial charge in [0.05, 0.1) is 29.1 Å². The number of benzene rings is 3. The third-order valence-corrected chi connectivity index (χ3v) is 18.8. The van der Waals surface area contributed by atoms with Gasteiger partial charge in [0.2, 0.25) is 15.4 Å². The van der Waals surface area contributed by atoms with Crippen LogP contribution in [0.1, 0.15) is 221 Å². The molecule has 0 amide bonds. The van der Waals surface area contributed by atoms with Gasteiger partial charge in [0.25, 0.3) is 7.82 Å². The molecule has 0 radical (unpaired) electrons. The summed E-state index contributed by atoms with van der Waals surface area (Å²) in [5.74, 6) is -0.682. The zero-order chi connectivity index (χ0) is 61.2. The SMILES string of the molecule is CCCCCCCCCCCCCCCC(=O)OC[C@H](COP(=O)([O-])OCCNS(=O)(=O)c1ccc(-c2c3ccc(=[N+](CC)CC)cc-3oc3cc(N(CC)CC)ccc23)c(S(=O)(=O)[O-])c1)OC(=O)CCCCCCCCCCCCCCC.[NH4+]. The number of unbranched alkanes of at least 4 members (excludes halogenated alkanes) is 24. The highest BCUT2D eigenvalue weighted by Gasteiger charge is 2.26. The first kappa shape index (κ1) is 75.0. The molecule has 2 aliphatic rings. The highest BCUT2D eigenvalue weighted by molar-refractivity contribution is 7.89. The molecule has 18 nitrogen and oxygen atoms in total. The van der Waals surface area contributed by atoms with Crippen molar-refractivity contribution in [1.82, 2.24) is 15.4 Å². The van der Waals surface area contributed by atoms with Crippen LogP contribution in [-0.4, -0.2) is 92.0 Å². The molecule has 1 aliphatic heterocycles. The number of hydrogen-bond acceptors (Lipinski definition) is 15. The molecule has 0 spiro atoms. The Morgan fingerprint density at radius 3 is 1.64 bits per heavy atom. The Kier molecular flexibility index (Phi) is 36.2. The molecule has 0 fully saturated rings. The number of ether oxygens (including phenoxy) is 2. The smallest absolute Gasteiger partial charge is 0.306 e. The number of sulfonamides is 1. The molecule has 482 valence electrons. The van der Waals surface area contributed by atoms with Crippen molar-refractivity contribution < 1.29 is 63.4 Å². The molecule has 0 bridgehead atoms. The first-order valence-corrected chi connectivity index (χ1v) is 36.2. The minimum absolute atomic E-state index is 0. The van der Waals surface area contributed by atoms with Gasteiger partial charge in [-0.1, -0.05) is 174 Å². The fraction of sp³-hybridized carbons (Fsp3) is 0.672. The maximum Gasteiger partial charge on any atom is 0.306 e. The van der Waals surface area contributed by atoms with Crippen LogP contribution in [0.25, 0.3) is 33.4 Å². The number of quaternary nitrogens is 1. The quantitative estimate of drug-likeness (QED) is 0.0104. The molecule has 2 aromatic rings. The lowest BCUT2D eigenvalue weighted by Crippen LogP contribution is -2.31. The van der Waals surface area contributed by atoms with E-state index in [0.717, 1.165) is 68.1 Å². The van der Waals surface area contributed by atoms with E-state index in [-0.39, 0.29) is 24.6 Å². The first-order chi connectivity index (χ1) is 40.4. The highest BCUT2D eigenvalue weighted by atomic mass is 32.2. The van der Waals surface area contributed by atoms with Gasteiger partial charge >= 0.3 is 11.9 Å². The van der Waals surface area contributed by atoms with Crippen LogP contribution >= 0.6 is 7.82 Å². The van der Waals surface area contributed by atoms with Crippen molar-refractivity contribution >= 4 is 56.6 Å². The predicted octanol–water partition coefficient (Wildman–Crippen LogP) is 14.3. The second-order valence-corrected chi connectivity index (χ2v) is 26.6. The highest BCUT2D eigenvalue weighted by Crippen LogP contribution is 2.44. The van der Waals surface area contributed by atoms with E-state index in [0.29, 0.717) is 66.9 Å². The fourth-order valence-corrected chi connectivity index (χ4v) is 13.2. The van der Waals surface area contributed by atoms with Gasteiger partial charge in [0.1, 0.15) is 41.2 Å². The van der Waals surface area contributed by atoms with Crippen LogP contribution in [0.4, 0.5) is 5.69 Å². The molecule has 0 saturated carbocycles. The number of fused-ring (bicyclic) bond motifs is 2. The van der Waals surface area contributed by atoms with Crippen LogP contribution < -0.4 is 30.6 Å². The molecule has 2 aromatic carbocycles. The zero-order valence-corrected chi connectivity index (χ0v) is 55.1. The van der Waals surface area contributed by atoms with Crippen molar-refractivity contribution in [2.75, 3.05) is 57.4 Å². The number of anilines is 1. The third-order valence-electron chi connectivity index (χ3n) is 15.5. The summed E-state index contributed by atoms with van der Waals surface area (Å²) in [6.07, 6.45) is 28.8. The van der Waals surface area contributed by atoms with E-state index >= 15 is 0 Å². The van der Waals surface area contributed by atoms with E-state index in [2.05, 4.69) is 28.0 Å². The van der Waals surface area contributed by atoms with Crippen LogP contribution in [0.15, 0.2) is 68.8 Å². The van der Waals surface area contributed by atoms with Crippen LogP contribution in [0.3, 0.4) is 0 Å². The average Bonchev–Trinajstić information content (AvgIpc) is 1.60. The van der Waals surface area contributed by atoms with E-state index in [1.165, 1.54) is 115 Å². The van der Waals surface area contributed by atoms with Gasteiger partial charge < -0.3 is 43.4 Å². The molecule has 0 aromatic heterocycles. The Morgan fingerprint density at radius 1 is 0.624 bits per heavy atom. The Bertz CT molecular complexity index is 2890. The summed E-state index contributed by atoms with van der Waals surface area (Å²) < 4.78 is 112. The predicted molar refractivity (Wildman–Crippen MR) is 338 cm³/mol. The normalized spacial score (nSPS) is 12.9. The van der Waals surface area contributed by atoms with Crippen LogP contribution in [0.5, 0.6) is 0 Å². The summed E-state index contributed by atoms with van der Waals surface area (Å²) >= 11 is 0. The van der Waals surface area contributed by atoms with Crippen molar-refractivity contribution in [3.8, 4) is 22.5 Å². The van der Waals surface area contributed by atoms with Gasteiger partial charge in [-0.05, 0) is 70.9 Å². The molecule has 4 rings (SSSR count). The van der Waals surface area contributed by atoms with Gasteiger partial charge in [-0.15, -0.1) is 0 Å². The lowest BCUT2D eigenvalue weighted by Gasteiger charge is -2.25. The van der Waals surface area contributed by atoms with Crippen molar-refractivity contribution in [3.05, 3.63) is 60.0 Å². The van der Waals surface area contributed by atoms with Crippen molar-refractivity contribution in [3.63, 3.8) is 0 Å². The Labute approximate surface area is 509 Å². The molecular weight excluding hydrogens is 1140 g/mol. The first-order valence-electron chi connectivity index (χ1n) is 31.8. The molecule has 1 unspecified atom stereocenters. The van der Waals surface area contributed by atoms with E-state index in [4.69, 9.17) is 22.9 Å². The van der Waals surface area contributed by atoms with Crippen LogP contribution in [0.2, 0.25) is 0 Å². The van der Waals surface area contributed by atoms with Gasteiger partial charge in [0, 0.05) is 72.4 Å². The van der Waals surface area contributed by atoms with Crippen molar-refractivity contribution in [1.29, 1.82) is 0 Å². The zero-order valence-electron chi connectivity index (χ0n) is 52.6. The summed E-state index contributed by atoms with van der Waals surface area (Å²) in [5, 5.41) is 1.35. The average molecular weight is 1250 g/mol.